The SMILES string of the molecule is ClCCc1nc2cc(Cl)ccc2n1-c1cc(Br)ccc1Br. The summed E-state index contributed by atoms with van der Waals surface area (Å²) in [6.45, 7) is 0. The van der Waals surface area contributed by atoms with Gasteiger partial charge in [0.15, 0.2) is 0 Å². The number of rotatable bonds is 3. The lowest BCUT2D eigenvalue weighted by Crippen LogP contribution is -2.03. The summed E-state index contributed by atoms with van der Waals surface area (Å²) in [6, 6.07) is 11.8. The standard InChI is InChI=1S/C15H10Br2Cl2N2/c16-9-1-3-11(17)14(7-9)21-13-4-2-10(19)8-12(13)20-15(21)5-6-18/h1-4,7-8H,5-6H2. The smallest absolute Gasteiger partial charge is 0.115 e. The van der Waals surface area contributed by atoms with Gasteiger partial charge in [-0.15, -0.1) is 11.6 Å². The van der Waals surface area contributed by atoms with Crippen molar-refractivity contribution in [3.05, 3.63) is 56.2 Å². The molecule has 6 heteroatoms. The summed E-state index contributed by atoms with van der Waals surface area (Å²) in [5.41, 5.74) is 2.90. The van der Waals surface area contributed by atoms with Crippen LogP contribution in [0, 0.1) is 0 Å². The Balaban J connectivity index is 2.33. The Morgan fingerprint density at radius 2 is 1.90 bits per heavy atom. The van der Waals surface area contributed by atoms with Crippen LogP contribution in [0.15, 0.2) is 45.3 Å². The first-order valence-electron chi connectivity index (χ1n) is 6.28. The molecule has 0 saturated carbocycles. The van der Waals surface area contributed by atoms with Gasteiger partial charge < -0.3 is 0 Å². The number of imidazole rings is 1. The Morgan fingerprint density at radius 3 is 2.67 bits per heavy atom. The van der Waals surface area contributed by atoms with Gasteiger partial charge in [-0.05, 0) is 52.3 Å². The molecule has 0 bridgehead atoms. The van der Waals surface area contributed by atoms with E-state index in [4.69, 9.17) is 23.2 Å². The van der Waals surface area contributed by atoms with E-state index < -0.39 is 0 Å². The number of hydrogen-bond donors (Lipinski definition) is 0. The molecule has 0 aliphatic carbocycles. The third kappa shape index (κ3) is 3.00. The first-order chi connectivity index (χ1) is 10.1. The van der Waals surface area contributed by atoms with E-state index in [9.17, 15) is 0 Å². The number of hydrogen-bond acceptors (Lipinski definition) is 1. The molecule has 2 aromatic carbocycles. The lowest BCUT2D eigenvalue weighted by Gasteiger charge is -2.11. The molecule has 0 aliphatic rings. The fourth-order valence-corrected chi connectivity index (χ4v) is 3.39. The summed E-state index contributed by atoms with van der Waals surface area (Å²) >= 11 is 19.1. The number of halogens is 4. The van der Waals surface area contributed by atoms with Crippen LogP contribution in [0.3, 0.4) is 0 Å². The second-order valence-electron chi connectivity index (χ2n) is 4.53. The van der Waals surface area contributed by atoms with Crippen LogP contribution in [0.4, 0.5) is 0 Å². The molecule has 0 spiro atoms. The van der Waals surface area contributed by atoms with Crippen molar-refractivity contribution in [1.82, 2.24) is 9.55 Å². The molecule has 3 aromatic rings. The molecule has 1 aromatic heterocycles. The molecule has 0 amide bonds. The highest BCUT2D eigenvalue weighted by Gasteiger charge is 2.14. The van der Waals surface area contributed by atoms with E-state index in [2.05, 4.69) is 47.5 Å². The van der Waals surface area contributed by atoms with E-state index in [1.54, 1.807) is 0 Å². The topological polar surface area (TPSA) is 17.8 Å². The number of benzene rings is 2. The minimum Gasteiger partial charge on any atom is -0.295 e. The van der Waals surface area contributed by atoms with Crippen molar-refractivity contribution >= 4 is 66.1 Å². The lowest BCUT2D eigenvalue weighted by atomic mass is 10.2. The van der Waals surface area contributed by atoms with Gasteiger partial charge in [-0.3, -0.25) is 4.57 Å². The van der Waals surface area contributed by atoms with Crippen molar-refractivity contribution in [3.63, 3.8) is 0 Å². The molecular formula is C15H10Br2Cl2N2. The third-order valence-electron chi connectivity index (χ3n) is 3.15. The highest BCUT2D eigenvalue weighted by atomic mass is 79.9. The Labute approximate surface area is 149 Å². The van der Waals surface area contributed by atoms with Crippen LogP contribution >= 0.6 is 55.1 Å². The minimum atomic E-state index is 0.517. The van der Waals surface area contributed by atoms with Crippen LogP contribution in [-0.2, 0) is 6.42 Å². The molecule has 21 heavy (non-hydrogen) atoms. The highest BCUT2D eigenvalue weighted by Crippen LogP contribution is 2.31. The van der Waals surface area contributed by atoms with E-state index in [0.717, 1.165) is 31.5 Å². The number of aryl methyl sites for hydroxylation is 1. The Hall–Kier alpha value is -0.550. The largest absolute Gasteiger partial charge is 0.295 e. The number of alkyl halides is 1. The number of nitrogens with zero attached hydrogens (tertiary/aromatic N) is 2. The predicted molar refractivity (Wildman–Crippen MR) is 95.9 cm³/mol. The molecule has 0 atom stereocenters. The van der Waals surface area contributed by atoms with Gasteiger partial charge in [0.1, 0.15) is 5.82 Å². The minimum absolute atomic E-state index is 0.517. The van der Waals surface area contributed by atoms with E-state index in [1.165, 1.54) is 0 Å². The molecule has 0 N–H and O–H groups in total. The van der Waals surface area contributed by atoms with Gasteiger partial charge in [-0.2, -0.15) is 0 Å². The van der Waals surface area contributed by atoms with Gasteiger partial charge in [0.2, 0.25) is 0 Å². The molecule has 1 heterocycles. The third-order valence-corrected chi connectivity index (χ3v) is 4.74. The maximum Gasteiger partial charge on any atom is 0.115 e. The number of aromatic nitrogens is 2. The van der Waals surface area contributed by atoms with Crippen molar-refractivity contribution < 1.29 is 0 Å². The van der Waals surface area contributed by atoms with Crippen LogP contribution in [0.5, 0.6) is 0 Å². The zero-order valence-corrected chi connectivity index (χ0v) is 15.5. The van der Waals surface area contributed by atoms with Crippen molar-refractivity contribution in [2.75, 3.05) is 5.88 Å². The van der Waals surface area contributed by atoms with Gasteiger partial charge in [-0.1, -0.05) is 27.5 Å². The van der Waals surface area contributed by atoms with Crippen molar-refractivity contribution in [3.8, 4) is 5.69 Å². The number of fused-ring (bicyclic) bond motifs is 1. The quantitative estimate of drug-likeness (QED) is 0.450. The van der Waals surface area contributed by atoms with Gasteiger partial charge in [0.05, 0.1) is 16.7 Å². The molecule has 0 radical (unpaired) electrons. The Bertz CT molecular complexity index is 815. The molecule has 3 rings (SSSR count). The van der Waals surface area contributed by atoms with Crippen LogP contribution in [0.25, 0.3) is 16.7 Å². The van der Waals surface area contributed by atoms with Gasteiger partial charge in [-0.25, -0.2) is 4.98 Å². The molecular weight excluding hydrogens is 439 g/mol. The monoisotopic (exact) mass is 446 g/mol. The summed E-state index contributed by atoms with van der Waals surface area (Å²) in [5.74, 6) is 1.43. The van der Waals surface area contributed by atoms with Crippen LogP contribution < -0.4 is 0 Å². The molecule has 2 nitrogen and oxygen atoms in total. The summed E-state index contributed by atoms with van der Waals surface area (Å²) in [4.78, 5) is 4.67. The average Bonchev–Trinajstić information content (AvgIpc) is 2.79. The molecule has 108 valence electrons. The summed E-state index contributed by atoms with van der Waals surface area (Å²) in [5, 5.41) is 0.679. The summed E-state index contributed by atoms with van der Waals surface area (Å²) in [7, 11) is 0. The molecule has 0 unspecified atom stereocenters. The van der Waals surface area contributed by atoms with Crippen molar-refractivity contribution in [1.29, 1.82) is 0 Å². The fraction of sp³-hybridized carbons (Fsp3) is 0.133. The Kier molecular flexibility index (Phi) is 4.60. The second-order valence-corrected chi connectivity index (χ2v) is 7.12. The fourth-order valence-electron chi connectivity index (χ4n) is 2.28. The molecule has 0 saturated heterocycles. The Morgan fingerprint density at radius 1 is 1.10 bits per heavy atom. The molecule has 0 aliphatic heterocycles. The normalized spacial score (nSPS) is 11.2. The van der Waals surface area contributed by atoms with E-state index in [1.807, 2.05) is 30.3 Å². The van der Waals surface area contributed by atoms with Gasteiger partial charge in [0.25, 0.3) is 0 Å². The van der Waals surface area contributed by atoms with Gasteiger partial charge >= 0.3 is 0 Å². The van der Waals surface area contributed by atoms with Gasteiger partial charge in [0, 0.05) is 26.3 Å². The van der Waals surface area contributed by atoms with E-state index in [-0.39, 0.29) is 0 Å². The van der Waals surface area contributed by atoms with Crippen LogP contribution in [0.2, 0.25) is 5.02 Å². The summed E-state index contributed by atoms with van der Waals surface area (Å²) in [6.07, 6.45) is 0.687. The molecule has 0 fully saturated rings. The van der Waals surface area contributed by atoms with Crippen LogP contribution in [-0.4, -0.2) is 15.4 Å². The zero-order valence-electron chi connectivity index (χ0n) is 10.8. The van der Waals surface area contributed by atoms with E-state index in [0.29, 0.717) is 17.3 Å². The second kappa shape index (κ2) is 6.29. The van der Waals surface area contributed by atoms with Crippen LogP contribution in [0.1, 0.15) is 5.82 Å². The first kappa shape index (κ1) is 15.3. The lowest BCUT2D eigenvalue weighted by molar-refractivity contribution is 0.909. The van der Waals surface area contributed by atoms with Crippen molar-refractivity contribution in [2.24, 2.45) is 0 Å². The predicted octanol–water partition coefficient (Wildman–Crippen LogP) is 5.99. The summed E-state index contributed by atoms with van der Waals surface area (Å²) < 4.78 is 4.12. The highest BCUT2D eigenvalue weighted by molar-refractivity contribution is 9.11. The van der Waals surface area contributed by atoms with E-state index >= 15 is 0 Å². The maximum absolute atomic E-state index is 6.07. The first-order valence-corrected chi connectivity index (χ1v) is 8.78. The average molecular weight is 449 g/mol. The zero-order chi connectivity index (χ0) is 15.0. The van der Waals surface area contributed by atoms with Crippen molar-refractivity contribution in [2.45, 2.75) is 6.42 Å². The maximum atomic E-state index is 6.07.